The lowest BCUT2D eigenvalue weighted by molar-refractivity contribution is -0.0512. The first-order chi connectivity index (χ1) is 16.9. The number of nitrogens with zero attached hydrogens (tertiary/aromatic N) is 2. The summed E-state index contributed by atoms with van der Waals surface area (Å²) < 4.78 is 28.3. The SMILES string of the molecule is CCc1nccn1[C@@H](/C=C/c1ccc(-c2ccc(C3CC(NCC(F)(F)CO)C3)cc2)cc1)CO. The van der Waals surface area contributed by atoms with Crippen LogP contribution in [-0.4, -0.2) is 51.5 Å². The van der Waals surface area contributed by atoms with Crippen molar-refractivity contribution >= 4 is 6.08 Å². The predicted molar refractivity (Wildman–Crippen MR) is 134 cm³/mol. The van der Waals surface area contributed by atoms with Gasteiger partial charge in [-0.05, 0) is 41.0 Å². The van der Waals surface area contributed by atoms with Gasteiger partial charge in [0.05, 0.1) is 19.2 Å². The minimum absolute atomic E-state index is 0.0111. The molecule has 1 saturated carbocycles. The number of hydrogen-bond acceptors (Lipinski definition) is 4. The third kappa shape index (κ3) is 6.23. The van der Waals surface area contributed by atoms with Crippen LogP contribution in [0.5, 0.6) is 0 Å². The van der Waals surface area contributed by atoms with E-state index in [4.69, 9.17) is 5.11 Å². The number of rotatable bonds is 11. The minimum Gasteiger partial charge on any atom is -0.394 e. The zero-order valence-electron chi connectivity index (χ0n) is 19.9. The summed E-state index contributed by atoms with van der Waals surface area (Å²) in [5.74, 6) is -1.73. The van der Waals surface area contributed by atoms with Gasteiger partial charge in [-0.3, -0.25) is 0 Å². The Morgan fingerprint density at radius 3 is 2.34 bits per heavy atom. The van der Waals surface area contributed by atoms with Crippen molar-refractivity contribution in [2.24, 2.45) is 0 Å². The van der Waals surface area contributed by atoms with E-state index in [2.05, 4.69) is 58.8 Å². The van der Waals surface area contributed by atoms with Crippen molar-refractivity contribution in [2.75, 3.05) is 19.8 Å². The first-order valence-corrected chi connectivity index (χ1v) is 12.2. The van der Waals surface area contributed by atoms with Gasteiger partial charge < -0.3 is 20.1 Å². The zero-order valence-corrected chi connectivity index (χ0v) is 19.9. The molecule has 0 saturated heterocycles. The summed E-state index contributed by atoms with van der Waals surface area (Å²) in [4.78, 5) is 4.33. The fourth-order valence-corrected chi connectivity index (χ4v) is 4.52. The van der Waals surface area contributed by atoms with Gasteiger partial charge >= 0.3 is 0 Å². The van der Waals surface area contributed by atoms with Crippen LogP contribution < -0.4 is 5.32 Å². The molecule has 0 unspecified atom stereocenters. The molecule has 186 valence electrons. The van der Waals surface area contributed by atoms with Crippen molar-refractivity contribution in [3.8, 4) is 11.1 Å². The summed E-state index contributed by atoms with van der Waals surface area (Å²) in [6.45, 7) is 0.461. The lowest BCUT2D eigenvalue weighted by atomic mass is 9.75. The van der Waals surface area contributed by atoms with Crippen molar-refractivity contribution in [3.05, 3.63) is 84.0 Å². The van der Waals surface area contributed by atoms with Gasteiger partial charge in [0.1, 0.15) is 12.4 Å². The maximum absolute atomic E-state index is 13.2. The van der Waals surface area contributed by atoms with Crippen LogP contribution in [0.25, 0.3) is 17.2 Å². The van der Waals surface area contributed by atoms with Crippen LogP contribution in [0.3, 0.4) is 0 Å². The van der Waals surface area contributed by atoms with Crippen molar-refractivity contribution in [3.63, 3.8) is 0 Å². The smallest absolute Gasteiger partial charge is 0.282 e. The number of imidazole rings is 1. The highest BCUT2D eigenvalue weighted by molar-refractivity contribution is 5.66. The standard InChI is InChI=1S/C28H33F2N3O2/c1-2-27-31-13-14-33(27)26(17-34)12-5-20-3-6-21(7-4-20)22-8-10-23(11-9-22)24-15-25(16-24)32-18-28(29,30)19-35/h3-14,24-26,32,34-35H,2,15-19H2,1H3/b12-5+/t24?,25?,26-/m0/s1. The van der Waals surface area contributed by atoms with Crippen molar-refractivity contribution in [1.82, 2.24) is 14.9 Å². The number of aliphatic hydroxyl groups is 2. The van der Waals surface area contributed by atoms with Crippen molar-refractivity contribution in [1.29, 1.82) is 0 Å². The molecule has 1 aromatic heterocycles. The quantitative estimate of drug-likeness (QED) is 0.367. The fourth-order valence-electron chi connectivity index (χ4n) is 4.52. The highest BCUT2D eigenvalue weighted by Crippen LogP contribution is 2.37. The average molecular weight is 482 g/mol. The van der Waals surface area contributed by atoms with Crippen LogP contribution in [-0.2, 0) is 6.42 Å². The summed E-state index contributed by atoms with van der Waals surface area (Å²) >= 11 is 0. The molecule has 5 nitrogen and oxygen atoms in total. The summed E-state index contributed by atoms with van der Waals surface area (Å²) in [7, 11) is 0. The Kier molecular flexibility index (Phi) is 8.11. The molecule has 0 bridgehead atoms. The molecule has 1 atom stereocenters. The molecule has 4 rings (SSSR count). The number of nitrogens with one attached hydrogen (secondary N) is 1. The lowest BCUT2D eigenvalue weighted by Gasteiger charge is -2.37. The van der Waals surface area contributed by atoms with Gasteiger partial charge in [0.15, 0.2) is 0 Å². The Balaban J connectivity index is 1.32. The minimum atomic E-state index is -3.06. The number of aliphatic hydroxyl groups excluding tert-OH is 2. The molecule has 0 radical (unpaired) electrons. The largest absolute Gasteiger partial charge is 0.394 e. The van der Waals surface area contributed by atoms with E-state index in [-0.39, 0.29) is 18.7 Å². The summed E-state index contributed by atoms with van der Waals surface area (Å²) in [5, 5.41) is 21.3. The second-order valence-corrected chi connectivity index (χ2v) is 9.22. The second kappa shape index (κ2) is 11.2. The number of hydrogen-bond donors (Lipinski definition) is 3. The van der Waals surface area contributed by atoms with E-state index in [1.807, 2.05) is 29.8 Å². The van der Waals surface area contributed by atoms with E-state index in [1.165, 1.54) is 5.56 Å². The number of halogens is 2. The molecular formula is C28H33F2N3O2. The number of alkyl halides is 2. The molecule has 3 N–H and O–H groups in total. The van der Waals surface area contributed by atoms with Gasteiger partial charge in [0.25, 0.3) is 5.92 Å². The van der Waals surface area contributed by atoms with Crippen LogP contribution in [0.4, 0.5) is 8.78 Å². The molecular weight excluding hydrogens is 448 g/mol. The predicted octanol–water partition coefficient (Wildman–Crippen LogP) is 4.82. The normalized spacial score (nSPS) is 19.1. The summed E-state index contributed by atoms with van der Waals surface area (Å²) in [5.41, 5.74) is 4.53. The summed E-state index contributed by atoms with van der Waals surface area (Å²) in [6.07, 6.45) is 10.1. The maximum atomic E-state index is 13.2. The van der Waals surface area contributed by atoms with Gasteiger partial charge in [0, 0.05) is 24.9 Å². The first kappa shape index (κ1) is 25.2. The van der Waals surface area contributed by atoms with E-state index in [0.29, 0.717) is 5.92 Å². The Morgan fingerprint density at radius 1 is 1.09 bits per heavy atom. The topological polar surface area (TPSA) is 70.3 Å². The molecule has 0 spiro atoms. The van der Waals surface area contributed by atoms with Crippen LogP contribution in [0.2, 0.25) is 0 Å². The molecule has 2 aromatic carbocycles. The Bertz CT molecular complexity index is 1100. The van der Waals surface area contributed by atoms with E-state index >= 15 is 0 Å². The highest BCUT2D eigenvalue weighted by atomic mass is 19.3. The fraction of sp³-hybridized carbons (Fsp3) is 0.393. The monoisotopic (exact) mass is 481 g/mol. The molecule has 0 amide bonds. The van der Waals surface area contributed by atoms with Gasteiger partial charge in [-0.1, -0.05) is 67.6 Å². The molecule has 0 aliphatic heterocycles. The molecule has 35 heavy (non-hydrogen) atoms. The van der Waals surface area contributed by atoms with Gasteiger partial charge in [-0.25, -0.2) is 13.8 Å². The van der Waals surface area contributed by atoms with Crippen molar-refractivity contribution in [2.45, 2.75) is 50.1 Å². The molecule has 3 aromatic rings. The molecule has 1 aliphatic rings. The molecule has 7 heteroatoms. The van der Waals surface area contributed by atoms with Gasteiger partial charge in [0.2, 0.25) is 0 Å². The van der Waals surface area contributed by atoms with Crippen LogP contribution in [0, 0.1) is 0 Å². The zero-order chi connectivity index (χ0) is 24.8. The molecule has 1 aliphatic carbocycles. The Labute approximate surface area is 205 Å². The van der Waals surface area contributed by atoms with E-state index in [9.17, 15) is 13.9 Å². The molecule has 1 heterocycles. The highest BCUT2D eigenvalue weighted by Gasteiger charge is 2.34. The first-order valence-electron chi connectivity index (χ1n) is 12.2. The third-order valence-corrected chi connectivity index (χ3v) is 6.77. The Morgan fingerprint density at radius 2 is 1.74 bits per heavy atom. The van der Waals surface area contributed by atoms with Gasteiger partial charge in [-0.15, -0.1) is 0 Å². The molecule has 1 fully saturated rings. The lowest BCUT2D eigenvalue weighted by Crippen LogP contribution is -2.46. The average Bonchev–Trinajstić information content (AvgIpc) is 3.33. The number of aryl methyl sites for hydroxylation is 1. The van der Waals surface area contributed by atoms with Crippen LogP contribution in [0.1, 0.15) is 48.7 Å². The maximum Gasteiger partial charge on any atom is 0.282 e. The van der Waals surface area contributed by atoms with E-state index in [1.54, 1.807) is 6.20 Å². The summed E-state index contributed by atoms with van der Waals surface area (Å²) in [6, 6.07) is 16.7. The number of benzene rings is 2. The van der Waals surface area contributed by atoms with E-state index in [0.717, 1.165) is 41.8 Å². The van der Waals surface area contributed by atoms with Crippen molar-refractivity contribution < 1.29 is 19.0 Å². The second-order valence-electron chi connectivity index (χ2n) is 9.22. The van der Waals surface area contributed by atoms with Crippen LogP contribution >= 0.6 is 0 Å². The van der Waals surface area contributed by atoms with Crippen LogP contribution in [0.15, 0.2) is 67.0 Å². The Hall–Kier alpha value is -2.87. The van der Waals surface area contributed by atoms with E-state index < -0.39 is 19.1 Å². The van der Waals surface area contributed by atoms with Gasteiger partial charge in [-0.2, -0.15) is 0 Å². The third-order valence-electron chi connectivity index (χ3n) is 6.77. The number of aromatic nitrogens is 2.